The summed E-state index contributed by atoms with van der Waals surface area (Å²) in [4.78, 5) is 49.2. The number of anilines is 1. The van der Waals surface area contributed by atoms with Crippen LogP contribution in [0.15, 0.2) is 6.33 Å². The molecular formula is C48H85FN5O10P. The minimum atomic E-state index is -4.88. The SMILES string of the molecule is CCCCCCCCCCCCCCCC(=O)OCC(COP(=O)(O)OC[C@H]1O[C@@H](n2cnc3c(NC)nc(C)nc32)[C@](C)(F)[C@@H]1O)OC(=O)CCCCCCCCCCCCCCC. The van der Waals surface area contributed by atoms with Crippen molar-refractivity contribution in [1.29, 1.82) is 0 Å². The van der Waals surface area contributed by atoms with Crippen LogP contribution in [0.3, 0.4) is 0 Å². The summed E-state index contributed by atoms with van der Waals surface area (Å²) in [5, 5.41) is 13.9. The van der Waals surface area contributed by atoms with E-state index in [1.165, 1.54) is 126 Å². The van der Waals surface area contributed by atoms with Crippen molar-refractivity contribution in [2.24, 2.45) is 0 Å². The van der Waals surface area contributed by atoms with Gasteiger partial charge in [0.2, 0.25) is 0 Å². The number of aryl methyl sites for hydroxylation is 1. The molecule has 3 rings (SSSR count). The minimum Gasteiger partial charge on any atom is -0.462 e. The van der Waals surface area contributed by atoms with Crippen molar-refractivity contribution in [3.05, 3.63) is 12.2 Å². The number of alkyl halides is 1. The molecule has 0 aromatic carbocycles. The Morgan fingerprint density at radius 2 is 1.26 bits per heavy atom. The van der Waals surface area contributed by atoms with Gasteiger partial charge in [-0.1, -0.05) is 168 Å². The molecule has 6 atom stereocenters. The Balaban J connectivity index is 1.45. The molecule has 65 heavy (non-hydrogen) atoms. The van der Waals surface area contributed by atoms with E-state index < -0.39 is 63.2 Å². The Hall–Kier alpha value is -2.75. The molecule has 17 heteroatoms. The van der Waals surface area contributed by atoms with Gasteiger partial charge in [-0.05, 0) is 26.7 Å². The molecule has 374 valence electrons. The van der Waals surface area contributed by atoms with E-state index in [0.717, 1.165) is 45.4 Å². The van der Waals surface area contributed by atoms with Crippen LogP contribution in [-0.2, 0) is 37.4 Å². The Kier molecular flexibility index (Phi) is 27.9. The second-order valence-corrected chi connectivity index (χ2v) is 19.6. The van der Waals surface area contributed by atoms with Gasteiger partial charge in [0.15, 0.2) is 35.0 Å². The number of carbonyl (C=O) groups excluding carboxylic acids is 2. The average Bonchev–Trinajstić information content (AvgIpc) is 3.79. The number of fused-ring (bicyclic) bond motifs is 1. The lowest BCUT2D eigenvalue weighted by Gasteiger charge is -2.24. The topological polar surface area (TPSA) is 193 Å². The van der Waals surface area contributed by atoms with Crippen LogP contribution >= 0.6 is 7.82 Å². The first-order chi connectivity index (χ1) is 31.3. The van der Waals surface area contributed by atoms with Gasteiger partial charge in [-0.15, -0.1) is 0 Å². The number of nitrogens with one attached hydrogen (secondary N) is 1. The third-order valence-electron chi connectivity index (χ3n) is 12.3. The number of ether oxygens (including phenoxy) is 3. The number of unbranched alkanes of at least 4 members (excludes halogenated alkanes) is 24. The highest BCUT2D eigenvalue weighted by Crippen LogP contribution is 2.47. The number of aliphatic hydroxyl groups is 1. The molecule has 0 radical (unpaired) electrons. The molecule has 1 aliphatic rings. The zero-order valence-electron chi connectivity index (χ0n) is 40.6. The van der Waals surface area contributed by atoms with Crippen molar-refractivity contribution in [3.8, 4) is 0 Å². The van der Waals surface area contributed by atoms with E-state index in [2.05, 4.69) is 34.1 Å². The number of aromatic nitrogens is 4. The molecule has 1 saturated heterocycles. The second kappa shape index (κ2) is 32.1. The van der Waals surface area contributed by atoms with E-state index in [4.69, 9.17) is 23.3 Å². The first-order valence-corrected chi connectivity index (χ1v) is 26.7. The maximum atomic E-state index is 16.1. The molecular weight excluding hydrogens is 857 g/mol. The molecule has 1 fully saturated rings. The summed E-state index contributed by atoms with van der Waals surface area (Å²) >= 11 is 0. The number of hydrogen-bond acceptors (Lipinski definition) is 13. The molecule has 0 aliphatic carbocycles. The molecule has 0 bridgehead atoms. The van der Waals surface area contributed by atoms with Gasteiger partial charge in [-0.2, -0.15) is 0 Å². The van der Waals surface area contributed by atoms with Crippen LogP contribution in [0.5, 0.6) is 0 Å². The third kappa shape index (κ3) is 21.8. The number of phosphoric acid groups is 1. The highest BCUT2D eigenvalue weighted by molar-refractivity contribution is 7.47. The van der Waals surface area contributed by atoms with Crippen LogP contribution < -0.4 is 5.32 Å². The van der Waals surface area contributed by atoms with Gasteiger partial charge in [0.25, 0.3) is 0 Å². The molecule has 2 aromatic rings. The van der Waals surface area contributed by atoms with Gasteiger partial charge in [0.1, 0.15) is 24.6 Å². The molecule has 2 unspecified atom stereocenters. The first-order valence-electron chi connectivity index (χ1n) is 25.2. The van der Waals surface area contributed by atoms with Crippen molar-refractivity contribution in [2.45, 2.75) is 238 Å². The number of halogens is 1. The predicted octanol–water partition coefficient (Wildman–Crippen LogP) is 11.7. The maximum Gasteiger partial charge on any atom is 0.472 e. The largest absolute Gasteiger partial charge is 0.472 e. The van der Waals surface area contributed by atoms with Gasteiger partial charge in [0, 0.05) is 19.9 Å². The van der Waals surface area contributed by atoms with Crippen LogP contribution in [0.1, 0.15) is 213 Å². The molecule has 0 spiro atoms. The number of carbonyl (C=O) groups is 2. The highest BCUT2D eigenvalue weighted by atomic mass is 31.2. The minimum absolute atomic E-state index is 0.141. The summed E-state index contributed by atoms with van der Waals surface area (Å²) in [7, 11) is -3.22. The Labute approximate surface area is 389 Å². The Morgan fingerprint density at radius 3 is 1.75 bits per heavy atom. The molecule has 1 aliphatic heterocycles. The number of rotatable bonds is 39. The smallest absolute Gasteiger partial charge is 0.462 e. The lowest BCUT2D eigenvalue weighted by atomic mass is 9.98. The number of nitrogens with zero attached hydrogens (tertiary/aromatic N) is 4. The predicted molar refractivity (Wildman–Crippen MR) is 252 cm³/mol. The van der Waals surface area contributed by atoms with Crippen LogP contribution in [0, 0.1) is 6.92 Å². The molecule has 0 amide bonds. The van der Waals surface area contributed by atoms with E-state index >= 15 is 4.39 Å². The summed E-state index contributed by atoms with van der Waals surface area (Å²) < 4.78 is 57.9. The maximum absolute atomic E-state index is 16.1. The van der Waals surface area contributed by atoms with Crippen molar-refractivity contribution in [1.82, 2.24) is 19.5 Å². The number of aliphatic hydroxyl groups excluding tert-OH is 1. The van der Waals surface area contributed by atoms with Gasteiger partial charge in [0.05, 0.1) is 19.5 Å². The quantitative estimate of drug-likeness (QED) is 0.0325. The van der Waals surface area contributed by atoms with Crippen molar-refractivity contribution >= 4 is 36.7 Å². The lowest BCUT2D eigenvalue weighted by molar-refractivity contribution is -0.161. The Bertz CT molecular complexity index is 1670. The Morgan fingerprint density at radius 1 is 0.785 bits per heavy atom. The molecule has 3 N–H and O–H groups in total. The fraction of sp³-hybridized carbons (Fsp3) is 0.854. The molecule has 15 nitrogen and oxygen atoms in total. The molecule has 2 aromatic heterocycles. The van der Waals surface area contributed by atoms with Crippen LogP contribution in [0.2, 0.25) is 0 Å². The summed E-state index contributed by atoms with van der Waals surface area (Å²) in [5.41, 5.74) is -1.76. The summed E-state index contributed by atoms with van der Waals surface area (Å²) in [6, 6.07) is 0. The normalized spacial score (nSPS) is 20.0. The van der Waals surface area contributed by atoms with Gasteiger partial charge >= 0.3 is 19.8 Å². The standard InChI is InChI=1S/C48H85FN5O10P/c1-6-8-10-12-14-16-18-20-22-24-26-28-30-32-41(55)60-34-39(63-42(56)33-31-29-27-25-23-21-19-17-15-13-11-9-7-2)35-61-65(58,59)62-36-40-44(57)48(4,49)47(64-40)54-37-51-43-45(50-5)52-38(3)53-46(43)54/h37,39-40,44,47,57H,6-36H2,1-5H3,(H,58,59)(H,50,52,53)/t39?,40-,44-,47-,48-/m1/s1. The zero-order valence-corrected chi connectivity index (χ0v) is 41.5. The number of hydrogen-bond donors (Lipinski definition) is 3. The van der Waals surface area contributed by atoms with Crippen molar-refractivity contribution in [3.63, 3.8) is 0 Å². The summed E-state index contributed by atoms with van der Waals surface area (Å²) in [6.45, 7) is 5.58. The van der Waals surface area contributed by atoms with Gasteiger partial charge in [-0.25, -0.2) is 23.9 Å². The van der Waals surface area contributed by atoms with Crippen molar-refractivity contribution < 1.29 is 51.8 Å². The van der Waals surface area contributed by atoms with Gasteiger partial charge in [-0.3, -0.25) is 23.2 Å². The fourth-order valence-electron chi connectivity index (χ4n) is 8.30. The van der Waals surface area contributed by atoms with E-state index in [-0.39, 0.29) is 25.1 Å². The van der Waals surface area contributed by atoms with E-state index in [1.54, 1.807) is 14.0 Å². The van der Waals surface area contributed by atoms with E-state index in [0.29, 0.717) is 30.0 Å². The monoisotopic (exact) mass is 942 g/mol. The fourth-order valence-corrected chi connectivity index (χ4v) is 9.06. The van der Waals surface area contributed by atoms with Crippen molar-refractivity contribution in [2.75, 3.05) is 32.2 Å². The number of imidazole rings is 1. The van der Waals surface area contributed by atoms with Gasteiger partial charge < -0.3 is 29.5 Å². The summed E-state index contributed by atoms with van der Waals surface area (Å²) in [5.74, 6) is -0.168. The zero-order chi connectivity index (χ0) is 47.3. The van der Waals surface area contributed by atoms with E-state index in [1.807, 2.05) is 0 Å². The van der Waals surface area contributed by atoms with Crippen LogP contribution in [0.25, 0.3) is 11.2 Å². The van der Waals surface area contributed by atoms with E-state index in [9.17, 15) is 24.2 Å². The average molecular weight is 942 g/mol. The molecule has 0 saturated carbocycles. The number of phosphoric ester groups is 1. The first kappa shape index (κ1) is 56.6. The summed E-state index contributed by atoms with van der Waals surface area (Å²) in [6.07, 6.45) is 26.5. The van der Waals surface area contributed by atoms with Crippen LogP contribution in [0.4, 0.5) is 10.2 Å². The molecule has 3 heterocycles. The third-order valence-corrected chi connectivity index (χ3v) is 13.2. The number of esters is 2. The van der Waals surface area contributed by atoms with Crippen LogP contribution in [-0.4, -0.2) is 92.3 Å². The highest BCUT2D eigenvalue weighted by Gasteiger charge is 2.56. The second-order valence-electron chi connectivity index (χ2n) is 18.2. The lowest BCUT2D eigenvalue weighted by Crippen LogP contribution is -2.40.